The van der Waals surface area contributed by atoms with Crippen molar-refractivity contribution < 1.29 is 14.0 Å². The molecule has 1 aromatic heterocycles. The average Bonchev–Trinajstić information content (AvgIpc) is 2.99. The Morgan fingerprint density at radius 3 is 2.57 bits per heavy atom. The van der Waals surface area contributed by atoms with Crippen molar-refractivity contribution in [1.29, 1.82) is 0 Å². The number of carbonyl (C=O) groups excluding carboxylic acids is 2. The van der Waals surface area contributed by atoms with Gasteiger partial charge in [-0.05, 0) is 91.0 Å². The molecule has 0 atom stereocenters. The van der Waals surface area contributed by atoms with Crippen molar-refractivity contribution in [2.24, 2.45) is 0 Å². The van der Waals surface area contributed by atoms with Gasteiger partial charge in [0.15, 0.2) is 0 Å². The number of carbonyl (C=O) groups is 2. The Balaban J connectivity index is 1.22. The van der Waals surface area contributed by atoms with Gasteiger partial charge < -0.3 is 26.4 Å². The van der Waals surface area contributed by atoms with Crippen molar-refractivity contribution in [2.45, 2.75) is 31.1 Å². The van der Waals surface area contributed by atoms with E-state index in [1.54, 1.807) is 18.3 Å². The highest BCUT2D eigenvalue weighted by atomic mass is 32.2. The highest BCUT2D eigenvalue weighted by molar-refractivity contribution is 8.00. The first-order chi connectivity index (χ1) is 20.4. The standard InChI is InChI=1S/C32H33FN6O2S/c1-2-3-13-35-19-30(40)38-23-5-7-24(8-6-23)39-42-25-9-11-26(29(33)17-25)22-16-28(31(34)37-18-22)20-4-10-27-21(15-20)12-14-36-32(27)41/h4-11,15-18,35,39H,2-3,12-14,19H2,1H3,(H2,34,37)(H,36,41)(H,38,40). The van der Waals surface area contributed by atoms with E-state index in [0.717, 1.165) is 42.6 Å². The van der Waals surface area contributed by atoms with Gasteiger partial charge in [0, 0.05) is 51.3 Å². The van der Waals surface area contributed by atoms with Gasteiger partial charge in [-0.25, -0.2) is 9.37 Å². The number of nitrogen functional groups attached to an aromatic ring is 1. The van der Waals surface area contributed by atoms with Crippen molar-refractivity contribution in [3.8, 4) is 22.3 Å². The largest absolute Gasteiger partial charge is 0.383 e. The number of amides is 2. The molecule has 2 heterocycles. The molecule has 6 N–H and O–H groups in total. The van der Waals surface area contributed by atoms with Gasteiger partial charge >= 0.3 is 0 Å². The summed E-state index contributed by atoms with van der Waals surface area (Å²) in [6.07, 6.45) is 4.42. The summed E-state index contributed by atoms with van der Waals surface area (Å²) in [5.41, 5.74) is 11.9. The van der Waals surface area contributed by atoms with Crippen LogP contribution in [0.4, 0.5) is 21.6 Å². The van der Waals surface area contributed by atoms with E-state index in [9.17, 15) is 9.59 Å². The molecule has 5 rings (SSSR count). The van der Waals surface area contributed by atoms with Crippen molar-refractivity contribution in [3.63, 3.8) is 0 Å². The fourth-order valence-electron chi connectivity index (χ4n) is 4.69. The molecule has 10 heteroatoms. The van der Waals surface area contributed by atoms with Crippen molar-refractivity contribution in [2.75, 3.05) is 35.4 Å². The monoisotopic (exact) mass is 584 g/mol. The number of nitrogens with one attached hydrogen (secondary N) is 4. The summed E-state index contributed by atoms with van der Waals surface area (Å²) in [5, 5.41) is 8.83. The normalized spacial score (nSPS) is 12.4. The number of fused-ring (bicyclic) bond motifs is 1. The number of hydrogen-bond donors (Lipinski definition) is 5. The molecule has 3 aromatic carbocycles. The van der Waals surface area contributed by atoms with E-state index >= 15 is 4.39 Å². The molecule has 0 unspecified atom stereocenters. The summed E-state index contributed by atoms with van der Waals surface area (Å²) in [4.78, 5) is 29.2. The number of halogens is 1. The lowest BCUT2D eigenvalue weighted by Crippen LogP contribution is -2.31. The zero-order valence-electron chi connectivity index (χ0n) is 23.3. The number of unbranched alkanes of at least 4 members (excludes halogenated alkanes) is 1. The van der Waals surface area contributed by atoms with Gasteiger partial charge in [0.1, 0.15) is 11.6 Å². The molecule has 42 heavy (non-hydrogen) atoms. The number of nitrogens with zero attached hydrogens (tertiary/aromatic N) is 1. The lowest BCUT2D eigenvalue weighted by Gasteiger charge is -2.18. The SMILES string of the molecule is CCCCNCC(=O)Nc1ccc(NSc2ccc(-c3cnc(N)c(-c4ccc5c(c4)CCNC5=O)c3)c(F)c2)cc1. The fourth-order valence-corrected chi connectivity index (χ4v) is 5.36. The second-order valence-electron chi connectivity index (χ2n) is 10.0. The van der Waals surface area contributed by atoms with Crippen LogP contribution < -0.4 is 26.4 Å². The summed E-state index contributed by atoms with van der Waals surface area (Å²) < 4.78 is 18.5. The van der Waals surface area contributed by atoms with Crippen LogP contribution in [0.25, 0.3) is 22.3 Å². The van der Waals surface area contributed by atoms with Gasteiger partial charge in [-0.2, -0.15) is 0 Å². The molecule has 0 bridgehead atoms. The zero-order chi connectivity index (χ0) is 29.5. The smallest absolute Gasteiger partial charge is 0.251 e. The van der Waals surface area contributed by atoms with Gasteiger partial charge in [0.25, 0.3) is 5.91 Å². The number of aromatic nitrogens is 1. The van der Waals surface area contributed by atoms with Crippen LogP contribution >= 0.6 is 11.9 Å². The predicted molar refractivity (Wildman–Crippen MR) is 168 cm³/mol. The maximum Gasteiger partial charge on any atom is 0.251 e. The molecular weight excluding hydrogens is 551 g/mol. The summed E-state index contributed by atoms with van der Waals surface area (Å²) in [6.45, 7) is 3.80. The van der Waals surface area contributed by atoms with Crippen LogP contribution in [0.3, 0.4) is 0 Å². The molecule has 1 aliphatic rings. The molecule has 0 saturated carbocycles. The van der Waals surface area contributed by atoms with E-state index in [0.29, 0.717) is 45.2 Å². The van der Waals surface area contributed by atoms with E-state index in [-0.39, 0.29) is 24.2 Å². The number of anilines is 3. The molecule has 216 valence electrons. The van der Waals surface area contributed by atoms with Gasteiger partial charge in [-0.1, -0.05) is 31.5 Å². The van der Waals surface area contributed by atoms with Gasteiger partial charge in [0.2, 0.25) is 5.91 Å². The summed E-state index contributed by atoms with van der Waals surface area (Å²) in [5.74, 6) is -0.210. The van der Waals surface area contributed by atoms with Crippen LogP contribution in [-0.2, 0) is 11.2 Å². The lowest BCUT2D eigenvalue weighted by atomic mass is 9.94. The predicted octanol–water partition coefficient (Wildman–Crippen LogP) is 5.87. The molecule has 0 fully saturated rings. The minimum Gasteiger partial charge on any atom is -0.383 e. The molecule has 4 aromatic rings. The Morgan fingerprint density at radius 2 is 1.79 bits per heavy atom. The zero-order valence-corrected chi connectivity index (χ0v) is 24.1. The van der Waals surface area contributed by atoms with Crippen LogP contribution in [0.2, 0.25) is 0 Å². The summed E-state index contributed by atoms with van der Waals surface area (Å²) in [6, 6.07) is 19.8. The second kappa shape index (κ2) is 13.5. The molecule has 0 saturated heterocycles. The number of hydrogen-bond acceptors (Lipinski definition) is 7. The Bertz CT molecular complexity index is 1590. The fraction of sp³-hybridized carbons (Fsp3) is 0.219. The maximum absolute atomic E-state index is 15.3. The van der Waals surface area contributed by atoms with Crippen LogP contribution in [0.1, 0.15) is 35.7 Å². The highest BCUT2D eigenvalue weighted by Crippen LogP contribution is 2.34. The number of nitrogens with two attached hydrogens (primary N) is 1. The third-order valence-electron chi connectivity index (χ3n) is 6.96. The lowest BCUT2D eigenvalue weighted by molar-refractivity contribution is -0.115. The molecular formula is C32H33FN6O2S. The van der Waals surface area contributed by atoms with Crippen LogP contribution in [0.5, 0.6) is 0 Å². The van der Waals surface area contributed by atoms with Crippen LogP contribution in [0.15, 0.2) is 77.8 Å². The van der Waals surface area contributed by atoms with E-state index in [4.69, 9.17) is 5.73 Å². The van der Waals surface area contributed by atoms with E-state index in [2.05, 4.69) is 32.6 Å². The van der Waals surface area contributed by atoms with Crippen molar-refractivity contribution in [3.05, 3.63) is 89.9 Å². The minimum atomic E-state index is -0.382. The Kier molecular flexibility index (Phi) is 9.35. The first kappa shape index (κ1) is 29.1. The molecule has 0 spiro atoms. The van der Waals surface area contributed by atoms with E-state index < -0.39 is 0 Å². The molecule has 0 radical (unpaired) electrons. The quantitative estimate of drug-likeness (QED) is 0.110. The molecule has 0 aliphatic carbocycles. The minimum absolute atomic E-state index is 0.0797. The summed E-state index contributed by atoms with van der Waals surface area (Å²) in [7, 11) is 0. The van der Waals surface area contributed by atoms with E-state index in [1.807, 2.05) is 48.5 Å². The Labute approximate surface area is 248 Å². The topological polar surface area (TPSA) is 121 Å². The molecule has 2 amide bonds. The first-order valence-electron chi connectivity index (χ1n) is 13.9. The molecule has 8 nitrogen and oxygen atoms in total. The van der Waals surface area contributed by atoms with Crippen molar-refractivity contribution in [1.82, 2.24) is 15.6 Å². The number of rotatable bonds is 11. The van der Waals surface area contributed by atoms with Crippen molar-refractivity contribution >= 4 is 41.0 Å². The highest BCUT2D eigenvalue weighted by Gasteiger charge is 2.18. The van der Waals surface area contributed by atoms with Gasteiger partial charge in [-0.3, -0.25) is 9.59 Å². The average molecular weight is 585 g/mol. The Morgan fingerprint density at radius 1 is 1.00 bits per heavy atom. The maximum atomic E-state index is 15.3. The summed E-state index contributed by atoms with van der Waals surface area (Å²) >= 11 is 1.29. The third kappa shape index (κ3) is 7.07. The van der Waals surface area contributed by atoms with Gasteiger partial charge in [-0.15, -0.1) is 0 Å². The number of pyridine rings is 1. The Hall–Kier alpha value is -4.41. The van der Waals surface area contributed by atoms with E-state index in [1.165, 1.54) is 18.0 Å². The number of benzene rings is 3. The van der Waals surface area contributed by atoms with Crippen LogP contribution in [-0.4, -0.2) is 36.4 Å². The first-order valence-corrected chi connectivity index (χ1v) is 14.7. The molecule has 1 aliphatic heterocycles. The van der Waals surface area contributed by atoms with Crippen LogP contribution in [0, 0.1) is 5.82 Å². The third-order valence-corrected chi connectivity index (χ3v) is 7.79. The second-order valence-corrected chi connectivity index (χ2v) is 10.9. The van der Waals surface area contributed by atoms with Gasteiger partial charge in [0.05, 0.1) is 6.54 Å².